The highest BCUT2D eigenvalue weighted by atomic mass is 32.2. The maximum atomic E-state index is 11.9. The molecule has 0 saturated heterocycles. The zero-order valence-electron chi connectivity index (χ0n) is 12.0. The number of carbonyl (C=O) groups excluding carboxylic acids is 1. The van der Waals surface area contributed by atoms with Gasteiger partial charge in [-0.25, -0.2) is 17.9 Å². The van der Waals surface area contributed by atoms with E-state index in [1.54, 1.807) is 0 Å². The van der Waals surface area contributed by atoms with Crippen molar-refractivity contribution < 1.29 is 13.2 Å². The molecule has 1 aliphatic carbocycles. The summed E-state index contributed by atoms with van der Waals surface area (Å²) in [6.45, 7) is 0.441. The molecule has 0 aromatic heterocycles. The number of rotatable bonds is 7. The summed E-state index contributed by atoms with van der Waals surface area (Å²) < 4.78 is 24.1. The predicted molar refractivity (Wildman–Crippen MR) is 81.3 cm³/mol. The van der Waals surface area contributed by atoms with Gasteiger partial charge in [0.15, 0.2) is 0 Å². The first-order valence-electron chi connectivity index (χ1n) is 6.99. The fourth-order valence-corrected chi connectivity index (χ4v) is 2.64. The Labute approximate surface area is 125 Å². The Hall–Kier alpha value is -1.60. The van der Waals surface area contributed by atoms with Gasteiger partial charge in [0.25, 0.3) is 0 Å². The summed E-state index contributed by atoms with van der Waals surface area (Å²) in [7, 11) is -3.21. The third-order valence-electron chi connectivity index (χ3n) is 3.31. The molecule has 2 amide bonds. The Morgan fingerprint density at radius 2 is 1.90 bits per heavy atom. The highest BCUT2D eigenvalue weighted by Gasteiger charge is 2.33. The van der Waals surface area contributed by atoms with Crippen LogP contribution in [-0.2, 0) is 10.0 Å². The molecular weight excluding hydrogens is 290 g/mol. The van der Waals surface area contributed by atoms with E-state index in [-0.39, 0.29) is 25.2 Å². The molecule has 6 nitrogen and oxygen atoms in total. The minimum absolute atomic E-state index is 0.0223. The number of carbonyl (C=O) groups is 1. The lowest BCUT2D eigenvalue weighted by molar-refractivity contribution is 0.235. The summed E-state index contributed by atoms with van der Waals surface area (Å²) in [4.78, 5) is 11.9. The summed E-state index contributed by atoms with van der Waals surface area (Å²) in [5, 5.41) is 5.63. The van der Waals surface area contributed by atoms with E-state index in [1.807, 2.05) is 30.3 Å². The van der Waals surface area contributed by atoms with Crippen LogP contribution in [0.3, 0.4) is 0 Å². The van der Waals surface area contributed by atoms with Gasteiger partial charge in [0.1, 0.15) is 0 Å². The molecule has 0 bridgehead atoms. The molecule has 3 N–H and O–H groups in total. The van der Waals surface area contributed by atoms with Crippen LogP contribution in [0, 0.1) is 5.92 Å². The van der Waals surface area contributed by atoms with Crippen LogP contribution in [0.2, 0.25) is 0 Å². The van der Waals surface area contributed by atoms with Crippen LogP contribution < -0.4 is 15.4 Å². The Kier molecular flexibility index (Phi) is 5.19. The number of hydrogen-bond donors (Lipinski definition) is 3. The van der Waals surface area contributed by atoms with Crippen molar-refractivity contribution in [1.82, 2.24) is 15.4 Å². The van der Waals surface area contributed by atoms with Crippen LogP contribution in [0.1, 0.15) is 24.4 Å². The molecule has 21 heavy (non-hydrogen) atoms. The van der Waals surface area contributed by atoms with Crippen molar-refractivity contribution in [1.29, 1.82) is 0 Å². The van der Waals surface area contributed by atoms with Crippen LogP contribution in [0.25, 0.3) is 0 Å². The second-order valence-corrected chi connectivity index (χ2v) is 7.13. The topological polar surface area (TPSA) is 87.3 Å². The molecule has 0 radical (unpaired) electrons. The van der Waals surface area contributed by atoms with Crippen LogP contribution in [0.15, 0.2) is 30.3 Å². The summed E-state index contributed by atoms with van der Waals surface area (Å²) >= 11 is 0. The highest BCUT2D eigenvalue weighted by molar-refractivity contribution is 7.88. The van der Waals surface area contributed by atoms with E-state index in [9.17, 15) is 13.2 Å². The van der Waals surface area contributed by atoms with Gasteiger partial charge in [0.05, 0.1) is 12.3 Å². The lowest BCUT2D eigenvalue weighted by Crippen LogP contribution is -2.42. The van der Waals surface area contributed by atoms with Gasteiger partial charge in [-0.05, 0) is 24.3 Å². The van der Waals surface area contributed by atoms with E-state index in [0.717, 1.165) is 24.7 Å². The van der Waals surface area contributed by atoms with Crippen LogP contribution in [-0.4, -0.2) is 33.8 Å². The SMILES string of the molecule is CS(=O)(=O)NCCNC(=O)NC(c1ccccc1)C1CC1. The Bertz CT molecular complexity index is 570. The van der Waals surface area contributed by atoms with Crippen molar-refractivity contribution in [3.8, 4) is 0 Å². The largest absolute Gasteiger partial charge is 0.337 e. The molecule has 2 rings (SSSR count). The van der Waals surface area contributed by atoms with Gasteiger partial charge in [-0.2, -0.15) is 0 Å². The Balaban J connectivity index is 1.80. The standard InChI is InChI=1S/C14H21N3O3S/c1-21(19,20)16-10-9-15-14(18)17-13(12-7-8-12)11-5-3-2-4-6-11/h2-6,12-13,16H,7-10H2,1H3,(H2,15,17,18). The lowest BCUT2D eigenvalue weighted by Gasteiger charge is -2.19. The van der Waals surface area contributed by atoms with Gasteiger partial charge in [-0.15, -0.1) is 0 Å². The molecule has 0 aliphatic heterocycles. The van der Waals surface area contributed by atoms with Crippen molar-refractivity contribution in [2.75, 3.05) is 19.3 Å². The molecule has 7 heteroatoms. The van der Waals surface area contributed by atoms with Gasteiger partial charge < -0.3 is 10.6 Å². The van der Waals surface area contributed by atoms with Gasteiger partial charge in [-0.3, -0.25) is 0 Å². The fraction of sp³-hybridized carbons (Fsp3) is 0.500. The molecular formula is C14H21N3O3S. The monoisotopic (exact) mass is 311 g/mol. The van der Waals surface area contributed by atoms with Crippen LogP contribution in [0.5, 0.6) is 0 Å². The molecule has 1 unspecified atom stereocenters. The molecule has 1 saturated carbocycles. The molecule has 1 aliphatic rings. The maximum Gasteiger partial charge on any atom is 0.315 e. The Morgan fingerprint density at radius 1 is 1.24 bits per heavy atom. The number of urea groups is 1. The first-order chi connectivity index (χ1) is 9.96. The molecule has 1 fully saturated rings. The first-order valence-corrected chi connectivity index (χ1v) is 8.89. The van der Waals surface area contributed by atoms with Gasteiger partial charge in [0.2, 0.25) is 10.0 Å². The smallest absolute Gasteiger partial charge is 0.315 e. The predicted octanol–water partition coefficient (Wildman–Crippen LogP) is 0.986. The summed E-state index contributed by atoms with van der Waals surface area (Å²) in [6.07, 6.45) is 3.33. The third-order valence-corrected chi connectivity index (χ3v) is 4.04. The number of hydrogen-bond acceptors (Lipinski definition) is 3. The molecule has 0 heterocycles. The normalized spacial score (nSPS) is 16.2. The number of amides is 2. The summed E-state index contributed by atoms with van der Waals surface area (Å²) in [5.74, 6) is 0.493. The molecule has 1 aromatic carbocycles. The number of sulfonamides is 1. The van der Waals surface area contributed by atoms with E-state index in [0.29, 0.717) is 5.92 Å². The third kappa shape index (κ3) is 5.73. The minimum Gasteiger partial charge on any atom is -0.337 e. The van der Waals surface area contributed by atoms with E-state index >= 15 is 0 Å². The Morgan fingerprint density at radius 3 is 2.48 bits per heavy atom. The van der Waals surface area contributed by atoms with Crippen molar-refractivity contribution in [2.45, 2.75) is 18.9 Å². The molecule has 0 spiro atoms. The average molecular weight is 311 g/mol. The minimum atomic E-state index is -3.21. The van der Waals surface area contributed by atoms with Gasteiger partial charge in [-0.1, -0.05) is 30.3 Å². The quantitative estimate of drug-likeness (QED) is 0.656. The molecule has 116 valence electrons. The second kappa shape index (κ2) is 6.91. The molecule has 1 atom stereocenters. The zero-order valence-corrected chi connectivity index (χ0v) is 12.8. The highest BCUT2D eigenvalue weighted by Crippen LogP contribution is 2.40. The maximum absolute atomic E-state index is 11.9. The van der Waals surface area contributed by atoms with Crippen LogP contribution >= 0.6 is 0 Å². The van der Waals surface area contributed by atoms with E-state index in [1.165, 1.54) is 0 Å². The lowest BCUT2D eigenvalue weighted by atomic mass is 10.0. The van der Waals surface area contributed by atoms with Crippen molar-refractivity contribution in [2.24, 2.45) is 5.92 Å². The average Bonchev–Trinajstić information content (AvgIpc) is 3.25. The number of nitrogens with one attached hydrogen (secondary N) is 3. The zero-order chi connectivity index (χ0) is 15.3. The van der Waals surface area contributed by atoms with E-state index < -0.39 is 10.0 Å². The summed E-state index contributed by atoms with van der Waals surface area (Å²) in [6, 6.07) is 9.63. The summed E-state index contributed by atoms with van der Waals surface area (Å²) in [5.41, 5.74) is 1.10. The van der Waals surface area contributed by atoms with Crippen molar-refractivity contribution in [3.05, 3.63) is 35.9 Å². The van der Waals surface area contributed by atoms with Crippen molar-refractivity contribution >= 4 is 16.1 Å². The fourth-order valence-electron chi connectivity index (χ4n) is 2.17. The first kappa shape index (κ1) is 15.8. The number of benzene rings is 1. The van der Waals surface area contributed by atoms with Crippen molar-refractivity contribution in [3.63, 3.8) is 0 Å². The van der Waals surface area contributed by atoms with E-state index in [4.69, 9.17) is 0 Å². The molecule has 1 aromatic rings. The van der Waals surface area contributed by atoms with Crippen LogP contribution in [0.4, 0.5) is 4.79 Å². The van der Waals surface area contributed by atoms with Gasteiger partial charge in [0, 0.05) is 13.1 Å². The van der Waals surface area contributed by atoms with Gasteiger partial charge >= 0.3 is 6.03 Å². The van der Waals surface area contributed by atoms with E-state index in [2.05, 4.69) is 15.4 Å². The second-order valence-electron chi connectivity index (χ2n) is 5.29.